The Hall–Kier alpha value is -0.540. The van der Waals surface area contributed by atoms with E-state index in [0.29, 0.717) is 19.0 Å². The van der Waals surface area contributed by atoms with E-state index in [-0.39, 0.29) is 6.10 Å². The van der Waals surface area contributed by atoms with Gasteiger partial charge in [0, 0.05) is 13.0 Å². The highest BCUT2D eigenvalue weighted by atomic mass is 16.5. The maximum absolute atomic E-state index is 9.95. The van der Waals surface area contributed by atoms with Crippen molar-refractivity contribution in [2.24, 2.45) is 0 Å². The minimum atomic E-state index is -0.586. The molecule has 3 nitrogen and oxygen atoms in total. The van der Waals surface area contributed by atoms with Gasteiger partial charge in [-0.2, -0.15) is 0 Å². The third-order valence-electron chi connectivity index (χ3n) is 2.33. The van der Waals surface area contributed by atoms with Crippen LogP contribution in [0.1, 0.15) is 33.1 Å². The fourth-order valence-corrected chi connectivity index (χ4v) is 1.66. The molecule has 0 saturated heterocycles. The highest BCUT2D eigenvalue weighted by molar-refractivity contribution is 5.06. The van der Waals surface area contributed by atoms with Crippen molar-refractivity contribution >= 4 is 0 Å². The lowest BCUT2D eigenvalue weighted by Crippen LogP contribution is -2.31. The number of hydrogen-bond acceptors (Lipinski definition) is 3. The first kappa shape index (κ1) is 11.5. The van der Waals surface area contributed by atoms with E-state index in [0.717, 1.165) is 19.3 Å². The summed E-state index contributed by atoms with van der Waals surface area (Å²) < 4.78 is 10.8. The van der Waals surface area contributed by atoms with Gasteiger partial charge in [0.1, 0.15) is 11.9 Å². The Kier molecular flexibility index (Phi) is 4.98. The van der Waals surface area contributed by atoms with Crippen molar-refractivity contribution in [2.45, 2.75) is 45.3 Å². The van der Waals surface area contributed by atoms with Crippen LogP contribution in [0.5, 0.6) is 0 Å². The maximum atomic E-state index is 9.95. The van der Waals surface area contributed by atoms with Crippen molar-refractivity contribution in [1.82, 2.24) is 0 Å². The summed E-state index contributed by atoms with van der Waals surface area (Å²) in [5.74, 6) is 0.692. The average molecular weight is 200 g/mol. The van der Waals surface area contributed by atoms with Gasteiger partial charge in [-0.15, -0.1) is 0 Å². The van der Waals surface area contributed by atoms with Gasteiger partial charge in [0.25, 0.3) is 0 Å². The summed E-state index contributed by atoms with van der Waals surface area (Å²) in [6, 6.07) is 0. The lowest BCUT2D eigenvalue weighted by Gasteiger charge is -2.22. The van der Waals surface area contributed by atoms with Crippen LogP contribution in [-0.4, -0.2) is 30.5 Å². The number of ether oxygens (including phenoxy) is 2. The zero-order chi connectivity index (χ0) is 10.4. The molecule has 1 N–H and O–H groups in total. The lowest BCUT2D eigenvalue weighted by atomic mass is 10.1. The Balaban J connectivity index is 2.48. The molecule has 0 aromatic carbocycles. The fourth-order valence-electron chi connectivity index (χ4n) is 1.66. The molecule has 1 aliphatic rings. The van der Waals surface area contributed by atoms with E-state index < -0.39 is 6.10 Å². The molecule has 82 valence electrons. The average Bonchev–Trinajstić information content (AvgIpc) is 2.69. The zero-order valence-corrected chi connectivity index (χ0v) is 9.03. The molecule has 2 unspecified atom stereocenters. The standard InChI is InChI=1S/C11H20O3/c1-3-6-9(13-4-2)11(12)10-7-5-8-14-10/h7,9,11-12H,3-6,8H2,1-2H3. The fraction of sp³-hybridized carbons (Fsp3) is 0.818. The minimum Gasteiger partial charge on any atom is -0.495 e. The van der Waals surface area contributed by atoms with Crippen LogP contribution in [0.25, 0.3) is 0 Å². The van der Waals surface area contributed by atoms with Gasteiger partial charge in [0.2, 0.25) is 0 Å². The van der Waals surface area contributed by atoms with Crippen molar-refractivity contribution in [2.75, 3.05) is 13.2 Å². The number of hydrogen-bond donors (Lipinski definition) is 1. The smallest absolute Gasteiger partial charge is 0.137 e. The van der Waals surface area contributed by atoms with Gasteiger partial charge < -0.3 is 14.6 Å². The summed E-state index contributed by atoms with van der Waals surface area (Å²) in [5, 5.41) is 9.95. The van der Waals surface area contributed by atoms with Gasteiger partial charge in [-0.3, -0.25) is 0 Å². The zero-order valence-electron chi connectivity index (χ0n) is 9.03. The van der Waals surface area contributed by atoms with Crippen molar-refractivity contribution in [3.63, 3.8) is 0 Å². The third-order valence-corrected chi connectivity index (χ3v) is 2.33. The molecule has 3 heteroatoms. The Morgan fingerprint density at radius 2 is 2.36 bits per heavy atom. The molecule has 1 heterocycles. The second-order valence-corrected chi connectivity index (χ2v) is 3.47. The van der Waals surface area contributed by atoms with Crippen LogP contribution < -0.4 is 0 Å². The lowest BCUT2D eigenvalue weighted by molar-refractivity contribution is -0.0404. The van der Waals surface area contributed by atoms with E-state index in [9.17, 15) is 5.11 Å². The molecule has 1 rings (SSSR count). The molecule has 0 amide bonds. The van der Waals surface area contributed by atoms with Crippen molar-refractivity contribution in [3.05, 3.63) is 11.8 Å². The molecular weight excluding hydrogens is 180 g/mol. The Morgan fingerprint density at radius 3 is 2.86 bits per heavy atom. The first-order valence-electron chi connectivity index (χ1n) is 5.42. The molecule has 1 aliphatic heterocycles. The van der Waals surface area contributed by atoms with Crippen LogP contribution in [0.15, 0.2) is 11.8 Å². The van der Waals surface area contributed by atoms with Gasteiger partial charge in [0.15, 0.2) is 0 Å². The minimum absolute atomic E-state index is 0.116. The van der Waals surface area contributed by atoms with Gasteiger partial charge in [0.05, 0.1) is 12.7 Å². The summed E-state index contributed by atoms with van der Waals surface area (Å²) in [4.78, 5) is 0. The van der Waals surface area contributed by atoms with Crippen LogP contribution in [0.2, 0.25) is 0 Å². The van der Waals surface area contributed by atoms with Crippen LogP contribution in [0.3, 0.4) is 0 Å². The third kappa shape index (κ3) is 3.00. The van der Waals surface area contributed by atoms with Gasteiger partial charge in [-0.1, -0.05) is 13.3 Å². The topological polar surface area (TPSA) is 38.7 Å². The van der Waals surface area contributed by atoms with Crippen molar-refractivity contribution in [1.29, 1.82) is 0 Å². The summed E-state index contributed by atoms with van der Waals surface area (Å²) in [5.41, 5.74) is 0. The molecule has 0 aliphatic carbocycles. The van der Waals surface area contributed by atoms with E-state index in [1.54, 1.807) is 0 Å². The second kappa shape index (κ2) is 6.04. The van der Waals surface area contributed by atoms with E-state index in [1.165, 1.54) is 0 Å². The molecule has 0 radical (unpaired) electrons. The molecule has 0 aromatic rings. The molecular formula is C11H20O3. The Morgan fingerprint density at radius 1 is 1.57 bits per heavy atom. The summed E-state index contributed by atoms with van der Waals surface area (Å²) in [6.07, 6.45) is 4.03. The second-order valence-electron chi connectivity index (χ2n) is 3.47. The molecule has 0 saturated carbocycles. The Bertz CT molecular complexity index is 183. The number of rotatable bonds is 6. The van der Waals surface area contributed by atoms with Crippen molar-refractivity contribution in [3.8, 4) is 0 Å². The van der Waals surface area contributed by atoms with E-state index in [2.05, 4.69) is 6.92 Å². The molecule has 0 bridgehead atoms. The van der Waals surface area contributed by atoms with Crippen LogP contribution in [0.4, 0.5) is 0 Å². The van der Waals surface area contributed by atoms with Crippen LogP contribution >= 0.6 is 0 Å². The summed E-state index contributed by atoms with van der Waals surface area (Å²) >= 11 is 0. The van der Waals surface area contributed by atoms with E-state index in [1.807, 2.05) is 13.0 Å². The predicted molar refractivity (Wildman–Crippen MR) is 55.0 cm³/mol. The molecule has 0 aromatic heterocycles. The molecule has 0 fully saturated rings. The summed E-state index contributed by atoms with van der Waals surface area (Å²) in [6.45, 7) is 5.36. The highest BCUT2D eigenvalue weighted by Crippen LogP contribution is 2.20. The Labute approximate surface area is 85.7 Å². The quantitative estimate of drug-likeness (QED) is 0.711. The normalized spacial score (nSPS) is 20.1. The van der Waals surface area contributed by atoms with Gasteiger partial charge >= 0.3 is 0 Å². The maximum Gasteiger partial charge on any atom is 0.137 e. The monoisotopic (exact) mass is 200 g/mol. The van der Waals surface area contributed by atoms with Crippen LogP contribution in [0, 0.1) is 0 Å². The largest absolute Gasteiger partial charge is 0.495 e. The first-order valence-corrected chi connectivity index (χ1v) is 5.42. The van der Waals surface area contributed by atoms with Crippen LogP contribution in [-0.2, 0) is 9.47 Å². The molecule has 0 spiro atoms. The van der Waals surface area contributed by atoms with Gasteiger partial charge in [-0.25, -0.2) is 0 Å². The first-order chi connectivity index (χ1) is 6.79. The SMILES string of the molecule is CCCC(OCC)C(O)C1=CCCO1. The summed E-state index contributed by atoms with van der Waals surface area (Å²) in [7, 11) is 0. The van der Waals surface area contributed by atoms with E-state index in [4.69, 9.17) is 9.47 Å². The number of aliphatic hydroxyl groups excluding tert-OH is 1. The predicted octanol–water partition coefficient (Wildman–Crippen LogP) is 1.86. The van der Waals surface area contributed by atoms with E-state index >= 15 is 0 Å². The molecule has 14 heavy (non-hydrogen) atoms. The molecule has 2 atom stereocenters. The highest BCUT2D eigenvalue weighted by Gasteiger charge is 2.25. The van der Waals surface area contributed by atoms with Gasteiger partial charge in [-0.05, 0) is 19.4 Å². The number of aliphatic hydroxyl groups is 1. The van der Waals surface area contributed by atoms with Crippen molar-refractivity contribution < 1.29 is 14.6 Å².